The quantitative estimate of drug-likeness (QED) is 0.891. The molecule has 0 heterocycles. The molecule has 2 N–H and O–H groups in total. The lowest BCUT2D eigenvalue weighted by atomic mass is 9.97. The second-order valence-corrected chi connectivity index (χ2v) is 5.80. The maximum Gasteiger partial charge on any atom is 0.127 e. The molecule has 2 bridgehead atoms. The Morgan fingerprint density at radius 1 is 1.33 bits per heavy atom. The van der Waals surface area contributed by atoms with E-state index < -0.39 is 0 Å². The van der Waals surface area contributed by atoms with Gasteiger partial charge in [0.2, 0.25) is 0 Å². The summed E-state index contributed by atoms with van der Waals surface area (Å²) in [6.45, 7) is 1.90. The number of hydrogen-bond acceptors (Lipinski definition) is 2. The summed E-state index contributed by atoms with van der Waals surface area (Å²) >= 11 is 0. The lowest BCUT2D eigenvalue weighted by Gasteiger charge is -2.25. The first-order chi connectivity index (χ1) is 8.63. The fourth-order valence-corrected chi connectivity index (χ4v) is 3.48. The van der Waals surface area contributed by atoms with Crippen LogP contribution >= 0.6 is 0 Å². The predicted octanol–water partition coefficient (Wildman–Crippen LogP) is 3.41. The lowest BCUT2D eigenvalue weighted by Crippen LogP contribution is -2.24. The van der Waals surface area contributed by atoms with E-state index >= 15 is 0 Å². The van der Waals surface area contributed by atoms with E-state index in [0.717, 1.165) is 17.9 Å². The number of fused-ring (bicyclic) bond motifs is 2. The molecule has 2 nitrogen and oxygen atoms in total. The van der Waals surface area contributed by atoms with Gasteiger partial charge in [-0.1, -0.05) is 6.07 Å². The van der Waals surface area contributed by atoms with Crippen LogP contribution in [0.5, 0.6) is 5.75 Å². The molecule has 18 heavy (non-hydrogen) atoms. The van der Waals surface area contributed by atoms with Gasteiger partial charge in [0.05, 0.1) is 0 Å². The first kappa shape index (κ1) is 12.0. The maximum atomic E-state index is 13.4. The minimum Gasteiger partial charge on any atom is -0.490 e. The minimum atomic E-state index is -0.252. The highest BCUT2D eigenvalue weighted by atomic mass is 19.1. The molecule has 3 rings (SSSR count). The van der Waals surface area contributed by atoms with Crippen LogP contribution < -0.4 is 10.5 Å². The average molecular weight is 249 g/mol. The molecule has 0 saturated heterocycles. The van der Waals surface area contributed by atoms with Crippen LogP contribution in [0.25, 0.3) is 0 Å². The van der Waals surface area contributed by atoms with Crippen molar-refractivity contribution in [1.29, 1.82) is 0 Å². The zero-order valence-electron chi connectivity index (χ0n) is 10.7. The van der Waals surface area contributed by atoms with Crippen LogP contribution in [0.3, 0.4) is 0 Å². The summed E-state index contributed by atoms with van der Waals surface area (Å²) in [5.74, 6) is 1.88. The molecular weight excluding hydrogens is 229 g/mol. The maximum absolute atomic E-state index is 13.4. The van der Waals surface area contributed by atoms with Crippen LogP contribution in [-0.2, 0) is 0 Å². The van der Waals surface area contributed by atoms with Gasteiger partial charge in [-0.25, -0.2) is 4.39 Å². The summed E-state index contributed by atoms with van der Waals surface area (Å²) in [4.78, 5) is 0. The van der Waals surface area contributed by atoms with Crippen molar-refractivity contribution in [2.24, 2.45) is 17.6 Å². The van der Waals surface area contributed by atoms with Crippen molar-refractivity contribution in [3.05, 3.63) is 29.6 Å². The fraction of sp³-hybridized carbons (Fsp3) is 0.600. The van der Waals surface area contributed by atoms with E-state index in [2.05, 4.69) is 0 Å². The third kappa shape index (κ3) is 2.12. The number of rotatable bonds is 3. The number of nitrogens with two attached hydrogens (primary N) is 1. The molecule has 1 aromatic rings. The van der Waals surface area contributed by atoms with Gasteiger partial charge in [0, 0.05) is 17.7 Å². The fourth-order valence-electron chi connectivity index (χ4n) is 3.48. The molecule has 2 aliphatic rings. The summed E-state index contributed by atoms with van der Waals surface area (Å²) in [6.07, 6.45) is 5.28. The SMILES string of the molecule is C[C@H](N)c1ccc(F)cc1OC1CC2CCC1C2. The van der Waals surface area contributed by atoms with Crippen molar-refractivity contribution < 1.29 is 9.13 Å². The monoisotopic (exact) mass is 249 g/mol. The molecule has 2 fully saturated rings. The van der Waals surface area contributed by atoms with E-state index in [0.29, 0.717) is 11.7 Å². The van der Waals surface area contributed by atoms with Gasteiger partial charge in [-0.3, -0.25) is 0 Å². The summed E-state index contributed by atoms with van der Waals surface area (Å²) in [5, 5.41) is 0. The number of hydrogen-bond donors (Lipinski definition) is 1. The Balaban J connectivity index is 1.81. The van der Waals surface area contributed by atoms with Crippen LogP contribution in [-0.4, -0.2) is 6.10 Å². The van der Waals surface area contributed by atoms with E-state index in [4.69, 9.17) is 10.5 Å². The highest BCUT2D eigenvalue weighted by Crippen LogP contribution is 2.46. The molecule has 2 saturated carbocycles. The van der Waals surface area contributed by atoms with Crippen molar-refractivity contribution in [1.82, 2.24) is 0 Å². The molecule has 3 heteroatoms. The molecule has 98 valence electrons. The highest BCUT2D eigenvalue weighted by Gasteiger charge is 2.41. The van der Waals surface area contributed by atoms with Crippen LogP contribution in [0.2, 0.25) is 0 Å². The Kier molecular flexibility index (Phi) is 3.02. The van der Waals surface area contributed by atoms with Gasteiger partial charge in [0.25, 0.3) is 0 Å². The second-order valence-electron chi connectivity index (χ2n) is 5.80. The Bertz CT molecular complexity index is 446. The first-order valence-electron chi connectivity index (χ1n) is 6.85. The first-order valence-corrected chi connectivity index (χ1v) is 6.85. The lowest BCUT2D eigenvalue weighted by molar-refractivity contribution is 0.136. The third-order valence-corrected chi connectivity index (χ3v) is 4.42. The molecular formula is C15H20FNO. The van der Waals surface area contributed by atoms with E-state index in [-0.39, 0.29) is 18.0 Å². The van der Waals surface area contributed by atoms with Gasteiger partial charge in [0.15, 0.2) is 0 Å². The number of halogens is 1. The van der Waals surface area contributed by atoms with Gasteiger partial charge >= 0.3 is 0 Å². The van der Waals surface area contributed by atoms with Gasteiger partial charge in [-0.05, 0) is 50.5 Å². The van der Waals surface area contributed by atoms with Gasteiger partial charge < -0.3 is 10.5 Å². The standard InChI is InChI=1S/C15H20FNO/c1-9(17)13-5-4-12(16)8-15(13)18-14-7-10-2-3-11(14)6-10/h4-5,8-11,14H,2-3,6-7,17H2,1H3/t9-,10?,11?,14?/m0/s1. The molecule has 2 aliphatic carbocycles. The van der Waals surface area contributed by atoms with E-state index in [1.165, 1.54) is 31.4 Å². The molecule has 0 aliphatic heterocycles. The number of ether oxygens (including phenoxy) is 1. The molecule has 3 unspecified atom stereocenters. The molecule has 1 aromatic carbocycles. The van der Waals surface area contributed by atoms with Crippen LogP contribution in [0, 0.1) is 17.7 Å². The van der Waals surface area contributed by atoms with Crippen LogP contribution in [0.4, 0.5) is 4.39 Å². The van der Waals surface area contributed by atoms with Crippen LogP contribution in [0.1, 0.15) is 44.2 Å². The van der Waals surface area contributed by atoms with Crippen molar-refractivity contribution in [3.63, 3.8) is 0 Å². The summed E-state index contributed by atoms with van der Waals surface area (Å²) in [6, 6.07) is 4.54. The summed E-state index contributed by atoms with van der Waals surface area (Å²) in [7, 11) is 0. The van der Waals surface area contributed by atoms with Gasteiger partial charge in [0.1, 0.15) is 17.7 Å². The topological polar surface area (TPSA) is 35.2 Å². The molecule has 0 radical (unpaired) electrons. The van der Waals surface area contributed by atoms with Crippen molar-refractivity contribution in [2.75, 3.05) is 0 Å². The molecule has 0 aromatic heterocycles. The van der Waals surface area contributed by atoms with E-state index in [1.54, 1.807) is 6.07 Å². The molecule has 0 spiro atoms. The second kappa shape index (κ2) is 4.54. The smallest absolute Gasteiger partial charge is 0.127 e. The Labute approximate surface area is 107 Å². The highest BCUT2D eigenvalue weighted by molar-refractivity contribution is 5.36. The minimum absolute atomic E-state index is 0.126. The average Bonchev–Trinajstić information content (AvgIpc) is 2.90. The zero-order valence-corrected chi connectivity index (χ0v) is 10.7. The Morgan fingerprint density at radius 3 is 2.78 bits per heavy atom. The van der Waals surface area contributed by atoms with Crippen molar-refractivity contribution in [2.45, 2.75) is 44.8 Å². The van der Waals surface area contributed by atoms with Gasteiger partial charge in [-0.2, -0.15) is 0 Å². The molecule has 0 amide bonds. The normalized spacial score (nSPS) is 31.6. The zero-order chi connectivity index (χ0) is 12.7. The van der Waals surface area contributed by atoms with E-state index in [9.17, 15) is 4.39 Å². The predicted molar refractivity (Wildman–Crippen MR) is 68.9 cm³/mol. The number of benzene rings is 1. The Morgan fingerprint density at radius 2 is 2.17 bits per heavy atom. The van der Waals surface area contributed by atoms with Crippen molar-refractivity contribution >= 4 is 0 Å². The van der Waals surface area contributed by atoms with Crippen LogP contribution in [0.15, 0.2) is 18.2 Å². The van der Waals surface area contributed by atoms with Gasteiger partial charge in [-0.15, -0.1) is 0 Å². The van der Waals surface area contributed by atoms with Crippen molar-refractivity contribution in [3.8, 4) is 5.75 Å². The Hall–Kier alpha value is -1.09. The molecule has 4 atom stereocenters. The largest absolute Gasteiger partial charge is 0.490 e. The summed E-state index contributed by atoms with van der Waals surface area (Å²) < 4.78 is 19.4. The van der Waals surface area contributed by atoms with E-state index in [1.807, 2.05) is 6.92 Å². The third-order valence-electron chi connectivity index (χ3n) is 4.42. The summed E-state index contributed by atoms with van der Waals surface area (Å²) in [5.41, 5.74) is 6.81.